The topological polar surface area (TPSA) is 68.6 Å². The second-order valence-electron chi connectivity index (χ2n) is 7.90. The van der Waals surface area contributed by atoms with E-state index in [0.717, 1.165) is 35.7 Å². The van der Waals surface area contributed by atoms with E-state index in [1.165, 1.54) is 0 Å². The Hall–Kier alpha value is -2.61. The van der Waals surface area contributed by atoms with Gasteiger partial charge in [-0.2, -0.15) is 10.1 Å². The Bertz CT molecular complexity index is 960. The summed E-state index contributed by atoms with van der Waals surface area (Å²) in [6.07, 6.45) is 3.01. The minimum atomic E-state index is -0.498. The highest BCUT2D eigenvalue weighted by molar-refractivity contribution is 6.40. The second-order valence-corrected chi connectivity index (χ2v) is 8.30. The molecule has 1 amide bonds. The quantitative estimate of drug-likeness (QED) is 0.544. The van der Waals surface area contributed by atoms with E-state index in [4.69, 9.17) is 16.3 Å². The van der Waals surface area contributed by atoms with Gasteiger partial charge in [0.05, 0.1) is 23.9 Å². The number of piperidine rings is 1. The van der Waals surface area contributed by atoms with E-state index in [1.807, 2.05) is 49.4 Å². The number of rotatable bonds is 5. The number of anilines is 1. The Morgan fingerprint density at radius 1 is 1.13 bits per heavy atom. The Kier molecular flexibility index (Phi) is 6.46. The van der Waals surface area contributed by atoms with Gasteiger partial charge >= 0.3 is 5.91 Å². The van der Waals surface area contributed by atoms with E-state index in [0.29, 0.717) is 29.5 Å². The predicted octanol–water partition coefficient (Wildman–Crippen LogP) is 4.52. The van der Waals surface area contributed by atoms with Gasteiger partial charge < -0.3 is 4.74 Å². The van der Waals surface area contributed by atoms with Crippen LogP contribution in [0.4, 0.5) is 5.69 Å². The minimum Gasteiger partial charge on any atom is -0.497 e. The molecular formula is C23H27ClN4O3. The lowest BCUT2D eigenvalue weighted by atomic mass is 9.91. The number of halogens is 1. The highest BCUT2D eigenvalue weighted by Crippen LogP contribution is 2.42. The third-order valence-corrected chi connectivity index (χ3v) is 6.26. The first-order valence-electron chi connectivity index (χ1n) is 10.6. The van der Waals surface area contributed by atoms with Crippen molar-refractivity contribution in [1.29, 1.82) is 0 Å². The largest absolute Gasteiger partial charge is 0.497 e. The van der Waals surface area contributed by atoms with E-state index >= 15 is 0 Å². The Morgan fingerprint density at radius 2 is 1.81 bits per heavy atom. The number of carbonyl (C=O) groups excluding carboxylic acids is 1. The van der Waals surface area contributed by atoms with Gasteiger partial charge in [-0.25, -0.2) is 0 Å². The van der Waals surface area contributed by atoms with Crippen LogP contribution in [0.5, 0.6) is 5.75 Å². The molecule has 164 valence electrons. The SMILES string of the molecule is COc1ccc([C@H]2[C@@H](C)C(C(=O)N(O)N3CCCCC3)=NN2c2ccccc2Cl)cc1. The standard InChI is InChI=1S/C23H27ClN4O3/c1-16-21(23(29)28(30)26-14-6-3-7-15-26)25-27(20-9-5-4-8-19(20)24)22(16)17-10-12-18(31-2)13-11-17/h4-5,8-13,16,22,30H,3,6-7,14-15H2,1-2H3/t16-,22+/m0/s1. The molecule has 4 rings (SSSR count). The van der Waals surface area contributed by atoms with Crippen molar-refractivity contribution in [1.82, 2.24) is 10.2 Å². The molecule has 2 aromatic rings. The minimum absolute atomic E-state index is 0.250. The molecule has 2 aliphatic heterocycles. The van der Waals surface area contributed by atoms with Crippen LogP contribution >= 0.6 is 11.6 Å². The molecule has 1 saturated heterocycles. The molecule has 0 saturated carbocycles. The van der Waals surface area contributed by atoms with Crippen LogP contribution in [0.2, 0.25) is 5.02 Å². The number of ether oxygens (including phenoxy) is 1. The van der Waals surface area contributed by atoms with Crippen LogP contribution in [0, 0.1) is 5.92 Å². The number of hydrazine groups is 1. The zero-order valence-corrected chi connectivity index (χ0v) is 18.5. The molecule has 0 aromatic heterocycles. The molecular weight excluding hydrogens is 416 g/mol. The summed E-state index contributed by atoms with van der Waals surface area (Å²) >= 11 is 6.48. The van der Waals surface area contributed by atoms with Gasteiger partial charge in [0.2, 0.25) is 0 Å². The molecule has 0 spiro atoms. The van der Waals surface area contributed by atoms with Crippen LogP contribution in [0.25, 0.3) is 0 Å². The van der Waals surface area contributed by atoms with Crippen molar-refractivity contribution in [2.24, 2.45) is 11.0 Å². The van der Waals surface area contributed by atoms with Crippen molar-refractivity contribution in [3.8, 4) is 5.75 Å². The normalized spacial score (nSPS) is 21.7. The molecule has 8 heteroatoms. The average molecular weight is 443 g/mol. The van der Waals surface area contributed by atoms with Gasteiger partial charge in [0, 0.05) is 19.0 Å². The second kappa shape index (κ2) is 9.26. The maximum absolute atomic E-state index is 13.2. The van der Waals surface area contributed by atoms with Gasteiger partial charge in [-0.15, -0.1) is 5.17 Å². The van der Waals surface area contributed by atoms with E-state index in [-0.39, 0.29) is 12.0 Å². The fraction of sp³-hybridized carbons (Fsp3) is 0.391. The van der Waals surface area contributed by atoms with Crippen molar-refractivity contribution in [3.05, 3.63) is 59.1 Å². The van der Waals surface area contributed by atoms with Crippen LogP contribution in [-0.4, -0.2) is 47.2 Å². The summed E-state index contributed by atoms with van der Waals surface area (Å²) in [6.45, 7) is 3.26. The predicted molar refractivity (Wildman–Crippen MR) is 120 cm³/mol. The molecule has 2 atom stereocenters. The molecule has 0 bridgehead atoms. The summed E-state index contributed by atoms with van der Waals surface area (Å²) in [7, 11) is 1.62. The zero-order chi connectivity index (χ0) is 22.0. The number of methoxy groups -OCH3 is 1. The summed E-state index contributed by atoms with van der Waals surface area (Å²) in [5.41, 5.74) is 1.98. The molecule has 1 fully saturated rings. The number of hydroxylamine groups is 1. The third-order valence-electron chi connectivity index (χ3n) is 5.94. The smallest absolute Gasteiger partial charge is 0.309 e. The van der Waals surface area contributed by atoms with E-state index < -0.39 is 5.91 Å². The van der Waals surface area contributed by atoms with E-state index in [9.17, 15) is 10.0 Å². The van der Waals surface area contributed by atoms with E-state index in [1.54, 1.807) is 23.2 Å². The molecule has 2 heterocycles. The third kappa shape index (κ3) is 4.26. The van der Waals surface area contributed by atoms with Crippen molar-refractivity contribution in [2.45, 2.75) is 32.2 Å². The summed E-state index contributed by atoms with van der Waals surface area (Å²) in [5, 5.41) is 20.1. The van der Waals surface area contributed by atoms with Crippen molar-refractivity contribution >= 4 is 28.9 Å². The number of nitrogens with zero attached hydrogens (tertiary/aromatic N) is 4. The van der Waals surface area contributed by atoms with Crippen molar-refractivity contribution in [2.75, 3.05) is 25.2 Å². The number of benzene rings is 2. The first-order chi connectivity index (χ1) is 15.0. The number of hydrogen-bond donors (Lipinski definition) is 1. The summed E-state index contributed by atoms with van der Waals surface area (Å²) in [5.74, 6) is -0.0124. The number of amides is 1. The zero-order valence-electron chi connectivity index (χ0n) is 17.7. The Labute approximate surface area is 187 Å². The molecule has 0 radical (unpaired) electrons. The summed E-state index contributed by atoms with van der Waals surface area (Å²) in [4.78, 5) is 13.2. The van der Waals surface area contributed by atoms with Gasteiger partial charge in [0.15, 0.2) is 0 Å². The highest BCUT2D eigenvalue weighted by Gasteiger charge is 2.42. The summed E-state index contributed by atoms with van der Waals surface area (Å²) in [6, 6.07) is 14.9. The van der Waals surface area contributed by atoms with Crippen LogP contribution in [0.15, 0.2) is 53.6 Å². The molecule has 7 nitrogen and oxygen atoms in total. The molecule has 1 N–H and O–H groups in total. The summed E-state index contributed by atoms with van der Waals surface area (Å²) < 4.78 is 5.28. The lowest BCUT2D eigenvalue weighted by Gasteiger charge is -2.32. The Balaban J connectivity index is 1.69. The first-order valence-corrected chi connectivity index (χ1v) is 10.9. The van der Waals surface area contributed by atoms with Gasteiger partial charge in [-0.1, -0.05) is 49.2 Å². The molecule has 31 heavy (non-hydrogen) atoms. The monoisotopic (exact) mass is 442 g/mol. The number of carbonyl (C=O) groups is 1. The van der Waals surface area contributed by atoms with Gasteiger partial charge in [0.25, 0.3) is 0 Å². The first kappa shape index (κ1) is 21.6. The average Bonchev–Trinajstić information content (AvgIpc) is 3.15. The van der Waals surface area contributed by atoms with Gasteiger partial charge in [-0.3, -0.25) is 15.0 Å². The van der Waals surface area contributed by atoms with E-state index in [2.05, 4.69) is 5.10 Å². The number of hydrogen-bond acceptors (Lipinski definition) is 6. The lowest BCUT2D eigenvalue weighted by Crippen LogP contribution is -2.50. The lowest BCUT2D eigenvalue weighted by molar-refractivity contribution is -0.235. The Morgan fingerprint density at radius 3 is 2.45 bits per heavy atom. The molecule has 2 aliphatic rings. The molecule has 0 aliphatic carbocycles. The maximum Gasteiger partial charge on any atom is 0.309 e. The van der Waals surface area contributed by atoms with Crippen LogP contribution < -0.4 is 9.75 Å². The highest BCUT2D eigenvalue weighted by atomic mass is 35.5. The number of para-hydroxylation sites is 1. The van der Waals surface area contributed by atoms with Gasteiger partial charge in [0.1, 0.15) is 11.5 Å². The van der Waals surface area contributed by atoms with Crippen molar-refractivity contribution in [3.63, 3.8) is 0 Å². The van der Waals surface area contributed by atoms with Gasteiger partial charge in [-0.05, 0) is 42.7 Å². The fourth-order valence-electron chi connectivity index (χ4n) is 4.24. The molecule has 0 unspecified atom stereocenters. The van der Waals surface area contributed by atoms with Crippen LogP contribution in [-0.2, 0) is 4.79 Å². The van der Waals surface area contributed by atoms with Crippen LogP contribution in [0.1, 0.15) is 37.8 Å². The number of hydrazone groups is 1. The van der Waals surface area contributed by atoms with Crippen LogP contribution in [0.3, 0.4) is 0 Å². The molecule has 2 aromatic carbocycles. The maximum atomic E-state index is 13.2. The van der Waals surface area contributed by atoms with Crippen molar-refractivity contribution < 1.29 is 14.7 Å². The fourth-order valence-corrected chi connectivity index (χ4v) is 4.46.